The molecule has 3 aromatic rings. The van der Waals surface area contributed by atoms with Gasteiger partial charge in [0, 0.05) is 12.3 Å². The molecule has 3 heterocycles. The first-order chi connectivity index (χ1) is 16.4. The molecule has 1 saturated heterocycles. The van der Waals surface area contributed by atoms with Gasteiger partial charge in [-0.05, 0) is 6.07 Å². The van der Waals surface area contributed by atoms with E-state index in [1.807, 2.05) is 0 Å². The minimum atomic E-state index is -1.67. The van der Waals surface area contributed by atoms with Gasteiger partial charge in [0.05, 0.1) is 40.6 Å². The van der Waals surface area contributed by atoms with E-state index in [0.29, 0.717) is 6.07 Å². The van der Waals surface area contributed by atoms with Gasteiger partial charge in [0.15, 0.2) is 23.3 Å². The van der Waals surface area contributed by atoms with Crippen molar-refractivity contribution >= 4 is 45.9 Å². The van der Waals surface area contributed by atoms with Crippen molar-refractivity contribution in [3.8, 4) is 5.82 Å². The number of halogens is 4. The number of carbonyl (C=O) groups is 2. The highest BCUT2D eigenvalue weighted by Gasteiger charge is 2.35. The van der Waals surface area contributed by atoms with Crippen LogP contribution in [-0.2, 0) is 9.53 Å². The van der Waals surface area contributed by atoms with Crippen molar-refractivity contribution in [3.05, 3.63) is 56.6 Å². The molecule has 0 amide bonds. The molecule has 1 aliphatic rings. The van der Waals surface area contributed by atoms with Gasteiger partial charge in [0.2, 0.25) is 5.43 Å². The van der Waals surface area contributed by atoms with Crippen LogP contribution in [0.3, 0.4) is 0 Å². The second-order valence-corrected chi connectivity index (χ2v) is 8.62. The zero-order chi connectivity index (χ0) is 25.8. The van der Waals surface area contributed by atoms with Crippen molar-refractivity contribution in [2.24, 2.45) is 5.92 Å². The van der Waals surface area contributed by atoms with Crippen LogP contribution in [0.25, 0.3) is 16.7 Å². The average molecular weight is 511 g/mol. The highest BCUT2D eigenvalue weighted by Crippen LogP contribution is 2.39. The van der Waals surface area contributed by atoms with E-state index >= 15 is 4.39 Å². The number of aromatic carboxylic acids is 1. The van der Waals surface area contributed by atoms with Crippen LogP contribution in [0.2, 0.25) is 5.02 Å². The van der Waals surface area contributed by atoms with Gasteiger partial charge in [-0.25, -0.2) is 22.9 Å². The largest absolute Gasteiger partial charge is 0.477 e. The van der Waals surface area contributed by atoms with E-state index in [-0.39, 0.29) is 35.2 Å². The van der Waals surface area contributed by atoms with Gasteiger partial charge in [-0.3, -0.25) is 14.2 Å². The maximum absolute atomic E-state index is 15.1. The van der Waals surface area contributed by atoms with Gasteiger partial charge in [0.25, 0.3) is 0 Å². The predicted octanol–water partition coefficient (Wildman–Crippen LogP) is 3.12. The number of hydrogen-bond acceptors (Lipinski definition) is 7. The molecule has 13 heteroatoms. The molecule has 0 atom stereocenters. The van der Waals surface area contributed by atoms with Gasteiger partial charge in [0.1, 0.15) is 17.5 Å². The van der Waals surface area contributed by atoms with E-state index < -0.39 is 63.5 Å². The molecule has 184 valence electrons. The highest BCUT2D eigenvalue weighted by atomic mass is 35.5. The summed E-state index contributed by atoms with van der Waals surface area (Å²) in [4.78, 5) is 41.3. The highest BCUT2D eigenvalue weighted by molar-refractivity contribution is 6.38. The molecule has 0 spiro atoms. The minimum absolute atomic E-state index is 0.0914. The van der Waals surface area contributed by atoms with E-state index in [1.165, 1.54) is 4.90 Å². The molecular formula is C22H18ClF3N4O5. The molecule has 9 nitrogen and oxygen atoms in total. The van der Waals surface area contributed by atoms with Gasteiger partial charge in [-0.2, -0.15) is 0 Å². The SMILES string of the molecule is CC(C)C(=O)OC1CN(c2c(F)cc3c(=O)c(C(=O)O)cn(-c4nc(N)c(F)cc4F)c3c2Cl)C1. The van der Waals surface area contributed by atoms with Crippen LogP contribution in [0.15, 0.2) is 23.1 Å². The maximum atomic E-state index is 15.1. The van der Waals surface area contributed by atoms with Crippen LogP contribution < -0.4 is 16.1 Å². The average Bonchev–Trinajstić information content (AvgIpc) is 2.74. The van der Waals surface area contributed by atoms with Crippen LogP contribution in [-0.4, -0.2) is 45.8 Å². The number of nitrogens with two attached hydrogens (primary N) is 1. The summed E-state index contributed by atoms with van der Waals surface area (Å²) >= 11 is 6.49. The smallest absolute Gasteiger partial charge is 0.341 e. The normalized spacial score (nSPS) is 13.9. The fourth-order valence-electron chi connectivity index (χ4n) is 3.65. The lowest BCUT2D eigenvalue weighted by molar-refractivity contribution is -0.153. The molecule has 1 aromatic carbocycles. The molecule has 1 fully saturated rings. The number of carbonyl (C=O) groups excluding carboxylic acids is 1. The van der Waals surface area contributed by atoms with Crippen LogP contribution in [0, 0.1) is 23.4 Å². The van der Waals surface area contributed by atoms with E-state index in [0.717, 1.165) is 16.8 Å². The quantitative estimate of drug-likeness (QED) is 0.501. The molecule has 35 heavy (non-hydrogen) atoms. The number of pyridine rings is 2. The van der Waals surface area contributed by atoms with E-state index in [1.54, 1.807) is 13.8 Å². The maximum Gasteiger partial charge on any atom is 0.341 e. The number of ether oxygens (including phenoxy) is 1. The first kappa shape index (κ1) is 24.3. The third-order valence-corrected chi connectivity index (χ3v) is 5.83. The summed E-state index contributed by atoms with van der Waals surface area (Å²) < 4.78 is 49.6. The summed E-state index contributed by atoms with van der Waals surface area (Å²) in [5, 5.41) is 8.62. The number of nitrogens with zero attached hydrogens (tertiary/aromatic N) is 3. The van der Waals surface area contributed by atoms with Crippen molar-refractivity contribution in [3.63, 3.8) is 0 Å². The van der Waals surface area contributed by atoms with Crippen LogP contribution in [0.1, 0.15) is 24.2 Å². The zero-order valence-electron chi connectivity index (χ0n) is 18.3. The number of benzene rings is 1. The first-order valence-electron chi connectivity index (χ1n) is 10.3. The summed E-state index contributed by atoms with van der Waals surface area (Å²) in [6.07, 6.45) is 0.232. The van der Waals surface area contributed by atoms with Gasteiger partial charge in [-0.15, -0.1) is 0 Å². The van der Waals surface area contributed by atoms with Gasteiger partial charge in [-0.1, -0.05) is 25.4 Å². The second-order valence-electron chi connectivity index (χ2n) is 8.24. The number of fused-ring (bicyclic) bond motifs is 1. The van der Waals surface area contributed by atoms with Crippen molar-refractivity contribution < 1.29 is 32.6 Å². The van der Waals surface area contributed by atoms with Crippen molar-refractivity contribution in [2.75, 3.05) is 23.7 Å². The third kappa shape index (κ3) is 4.14. The van der Waals surface area contributed by atoms with Crippen molar-refractivity contribution in [1.82, 2.24) is 9.55 Å². The van der Waals surface area contributed by atoms with Gasteiger partial charge < -0.3 is 20.5 Å². The molecule has 3 N–H and O–H groups in total. The lowest BCUT2D eigenvalue weighted by Crippen LogP contribution is -2.53. The molecule has 0 radical (unpaired) electrons. The third-order valence-electron chi connectivity index (χ3n) is 5.47. The van der Waals surface area contributed by atoms with E-state index in [4.69, 9.17) is 22.1 Å². The van der Waals surface area contributed by atoms with Crippen LogP contribution in [0.4, 0.5) is 24.7 Å². The van der Waals surface area contributed by atoms with Crippen LogP contribution in [0.5, 0.6) is 0 Å². The van der Waals surface area contributed by atoms with E-state index in [9.17, 15) is 28.3 Å². The standard InChI is InChI=1S/C22H18ClF3N4O5/c1-8(2)22(34)35-9-5-29(6-9)17-12(24)3-10-16(15(17)23)30(7-11(18(10)31)21(32)33)20-14(26)4-13(25)19(27)28-20/h3-4,7-9H,5-6H2,1-2H3,(H2,27,28)(H,32,33). The molecule has 0 unspecified atom stereocenters. The lowest BCUT2D eigenvalue weighted by atomic mass is 10.1. The molecule has 0 saturated carbocycles. The molecule has 2 aromatic heterocycles. The van der Waals surface area contributed by atoms with Crippen molar-refractivity contribution in [2.45, 2.75) is 20.0 Å². The Morgan fingerprint density at radius 2 is 1.86 bits per heavy atom. The Balaban J connectivity index is 1.91. The minimum Gasteiger partial charge on any atom is -0.477 e. The Morgan fingerprint density at radius 3 is 2.46 bits per heavy atom. The lowest BCUT2D eigenvalue weighted by Gasteiger charge is -2.41. The predicted molar refractivity (Wildman–Crippen MR) is 121 cm³/mol. The Labute approximate surface area is 200 Å². The van der Waals surface area contributed by atoms with Crippen molar-refractivity contribution in [1.29, 1.82) is 0 Å². The summed E-state index contributed by atoms with van der Waals surface area (Å²) in [5.41, 5.74) is 3.12. The Bertz CT molecular complexity index is 1450. The number of rotatable bonds is 5. The Kier molecular flexibility index (Phi) is 6.09. The molecule has 0 bridgehead atoms. The van der Waals surface area contributed by atoms with Crippen LogP contribution >= 0.6 is 11.6 Å². The fraction of sp³-hybridized carbons (Fsp3) is 0.273. The Hall–Kier alpha value is -3.80. The first-order valence-corrected chi connectivity index (χ1v) is 10.7. The van der Waals surface area contributed by atoms with E-state index in [2.05, 4.69) is 4.98 Å². The number of esters is 1. The number of nitrogen functional groups attached to an aromatic ring is 1. The number of aromatic nitrogens is 2. The Morgan fingerprint density at radius 1 is 1.20 bits per heavy atom. The molecule has 4 rings (SSSR count). The molecule has 1 aliphatic heterocycles. The number of carboxylic acids is 1. The molecule has 0 aliphatic carbocycles. The van der Waals surface area contributed by atoms with Gasteiger partial charge >= 0.3 is 11.9 Å². The summed E-state index contributed by atoms with van der Waals surface area (Å²) in [6.45, 7) is 3.51. The number of carboxylic acid groups (broad SMARTS) is 1. The number of anilines is 2. The monoisotopic (exact) mass is 510 g/mol. The second kappa shape index (κ2) is 8.77. The summed E-state index contributed by atoms with van der Waals surface area (Å²) in [7, 11) is 0. The summed E-state index contributed by atoms with van der Waals surface area (Å²) in [6, 6.07) is 1.21. The number of hydrogen-bond donors (Lipinski definition) is 2. The molecular weight excluding hydrogens is 493 g/mol. The topological polar surface area (TPSA) is 128 Å². The zero-order valence-corrected chi connectivity index (χ0v) is 19.1. The summed E-state index contributed by atoms with van der Waals surface area (Å²) in [5.74, 6) is -7.13. The fourth-order valence-corrected chi connectivity index (χ4v) is 4.05.